The summed E-state index contributed by atoms with van der Waals surface area (Å²) in [4.78, 5) is 25.2. The Kier molecular flexibility index (Phi) is 5.32. The number of amides is 1. The van der Waals surface area contributed by atoms with Crippen molar-refractivity contribution in [1.29, 1.82) is 0 Å². The molecule has 2 aromatic rings. The molecule has 0 saturated heterocycles. The third-order valence-corrected chi connectivity index (χ3v) is 6.66. The highest BCUT2D eigenvalue weighted by Crippen LogP contribution is 2.65. The van der Waals surface area contributed by atoms with Gasteiger partial charge in [-0.25, -0.2) is 0 Å². The molecule has 2 atom stereocenters. The summed E-state index contributed by atoms with van der Waals surface area (Å²) in [5.41, 5.74) is -0.279. The number of halogens is 4. The average Bonchev–Trinajstić information content (AvgIpc) is 3.15. The number of benzene rings is 1. The number of hydrogen-bond acceptors (Lipinski definition) is 6. The molecule has 1 aromatic carbocycles. The third-order valence-electron chi connectivity index (χ3n) is 6.43. The molecule has 3 fully saturated rings. The van der Waals surface area contributed by atoms with E-state index in [1.165, 1.54) is 19.2 Å². The van der Waals surface area contributed by atoms with Crippen LogP contribution in [0.25, 0.3) is 0 Å². The van der Waals surface area contributed by atoms with Gasteiger partial charge >= 0.3 is 6.36 Å². The summed E-state index contributed by atoms with van der Waals surface area (Å²) >= 11 is 5.93. The fourth-order valence-corrected chi connectivity index (χ4v) is 5.18. The number of nitrogens with zero attached hydrogens (tertiary/aromatic N) is 2. The van der Waals surface area contributed by atoms with Crippen molar-refractivity contribution in [2.24, 2.45) is 0 Å². The molecular formula is C22H21ClF3N3O5. The summed E-state index contributed by atoms with van der Waals surface area (Å²) in [5, 5.41) is 7.72. The van der Waals surface area contributed by atoms with Crippen LogP contribution in [0.15, 0.2) is 30.6 Å². The molecule has 182 valence electrons. The number of Topliss-reactive ketones (excluding diaryl/α,β-unsaturated/α-hetero) is 1. The second-order valence-electron chi connectivity index (χ2n) is 9.20. The summed E-state index contributed by atoms with van der Waals surface area (Å²) in [6.07, 6.45) is -1.82. The van der Waals surface area contributed by atoms with Crippen LogP contribution in [0.3, 0.4) is 0 Å². The van der Waals surface area contributed by atoms with E-state index in [9.17, 15) is 22.8 Å². The van der Waals surface area contributed by atoms with Crippen LogP contribution in [0.1, 0.15) is 43.0 Å². The van der Waals surface area contributed by atoms with E-state index >= 15 is 0 Å². The maximum atomic E-state index is 12.8. The molecule has 8 nitrogen and oxygen atoms in total. The number of ether oxygens (including phenoxy) is 3. The lowest BCUT2D eigenvalue weighted by Crippen LogP contribution is -2.79. The van der Waals surface area contributed by atoms with E-state index < -0.39 is 18.6 Å². The van der Waals surface area contributed by atoms with Crippen molar-refractivity contribution in [1.82, 2.24) is 15.1 Å². The zero-order chi connectivity index (χ0) is 24.3. The van der Waals surface area contributed by atoms with Gasteiger partial charge in [-0.05, 0) is 44.4 Å². The molecular weight excluding hydrogens is 479 g/mol. The predicted molar refractivity (Wildman–Crippen MR) is 112 cm³/mol. The van der Waals surface area contributed by atoms with Crippen LogP contribution >= 0.6 is 11.6 Å². The smallest absolute Gasteiger partial charge is 0.488 e. The maximum absolute atomic E-state index is 12.8. The first-order valence-corrected chi connectivity index (χ1v) is 11.1. The zero-order valence-electron chi connectivity index (χ0n) is 18.0. The first kappa shape index (κ1) is 23.0. The van der Waals surface area contributed by atoms with E-state index in [1.807, 2.05) is 0 Å². The van der Waals surface area contributed by atoms with Crippen molar-refractivity contribution in [3.8, 4) is 11.5 Å². The molecule has 3 saturated carbocycles. The SMILES string of the molecule is C[C@H](COc1cnn(C23CC(NC(=O)[C@H]4CC(=O)c5cc(Cl)ccc5O4)(C2)C3)c1)OC(F)(F)F. The van der Waals surface area contributed by atoms with Crippen molar-refractivity contribution in [2.45, 2.75) is 62.3 Å². The topological polar surface area (TPSA) is 91.7 Å². The van der Waals surface area contributed by atoms with Gasteiger partial charge in [0.2, 0.25) is 0 Å². The van der Waals surface area contributed by atoms with Crippen molar-refractivity contribution in [2.75, 3.05) is 6.61 Å². The average molecular weight is 500 g/mol. The Bertz CT molecular complexity index is 1130. The highest BCUT2D eigenvalue weighted by atomic mass is 35.5. The minimum absolute atomic E-state index is 0.0588. The molecule has 0 unspecified atom stereocenters. The van der Waals surface area contributed by atoms with Crippen molar-refractivity contribution in [3.05, 3.63) is 41.2 Å². The van der Waals surface area contributed by atoms with Crippen LogP contribution in [0.5, 0.6) is 11.5 Å². The van der Waals surface area contributed by atoms with Crippen molar-refractivity contribution in [3.63, 3.8) is 0 Å². The minimum atomic E-state index is -4.72. The quantitative estimate of drug-likeness (QED) is 0.625. The summed E-state index contributed by atoms with van der Waals surface area (Å²) in [6.45, 7) is 0.996. The van der Waals surface area contributed by atoms with Gasteiger partial charge < -0.3 is 14.8 Å². The molecule has 34 heavy (non-hydrogen) atoms. The van der Waals surface area contributed by atoms with E-state index in [1.54, 1.807) is 23.0 Å². The number of aromatic nitrogens is 2. The summed E-state index contributed by atoms with van der Waals surface area (Å²) in [7, 11) is 0. The molecule has 0 spiro atoms. The zero-order valence-corrected chi connectivity index (χ0v) is 18.8. The van der Waals surface area contributed by atoms with E-state index in [4.69, 9.17) is 21.1 Å². The van der Waals surface area contributed by atoms with Crippen molar-refractivity contribution < 1.29 is 37.0 Å². The normalized spacial score (nSPS) is 28.1. The molecule has 6 rings (SSSR count). The number of nitrogens with one attached hydrogen (secondary N) is 1. The Morgan fingerprint density at radius 1 is 1.38 bits per heavy atom. The highest BCUT2D eigenvalue weighted by Gasteiger charge is 2.70. The Morgan fingerprint density at radius 3 is 2.82 bits per heavy atom. The van der Waals surface area contributed by atoms with E-state index in [0.29, 0.717) is 41.3 Å². The number of carbonyl (C=O) groups excluding carboxylic acids is 2. The molecule has 4 aliphatic rings. The van der Waals surface area contributed by atoms with Crippen LogP contribution in [0.4, 0.5) is 13.2 Å². The Labute approximate surface area is 197 Å². The van der Waals surface area contributed by atoms with E-state index in [2.05, 4.69) is 15.2 Å². The Balaban J connectivity index is 1.13. The molecule has 2 bridgehead atoms. The monoisotopic (exact) mass is 499 g/mol. The fourth-order valence-electron chi connectivity index (χ4n) is 5.01. The molecule has 12 heteroatoms. The lowest BCUT2D eigenvalue weighted by molar-refractivity contribution is -0.342. The van der Waals surface area contributed by atoms with Gasteiger partial charge in [-0.3, -0.25) is 19.0 Å². The second-order valence-corrected chi connectivity index (χ2v) is 9.64. The third kappa shape index (κ3) is 4.22. The number of rotatable bonds is 7. The number of hydrogen-bond donors (Lipinski definition) is 1. The maximum Gasteiger partial charge on any atom is 0.522 e. The standard InChI is InChI=1S/C22H21ClF3N3O5/c1-12(34-22(24,25)26)8-32-14-6-27-29(7-14)21-9-20(10-21,11-21)28-19(31)18-5-16(30)15-4-13(23)2-3-17(15)33-18/h2-4,6-7,12,18H,5,8-11H2,1H3,(H,28,31)/t12-,18-,20?,21?/m1/s1. The molecule has 2 heterocycles. The lowest BCUT2D eigenvalue weighted by Gasteiger charge is -2.70. The van der Waals surface area contributed by atoms with Crippen LogP contribution in [0, 0.1) is 0 Å². The number of carbonyl (C=O) groups is 2. The number of fused-ring (bicyclic) bond motifs is 1. The van der Waals surface area contributed by atoms with E-state index in [0.717, 1.165) is 0 Å². The molecule has 1 aliphatic heterocycles. The predicted octanol–water partition coefficient (Wildman–Crippen LogP) is 3.62. The largest absolute Gasteiger partial charge is 0.522 e. The van der Waals surface area contributed by atoms with Crippen LogP contribution in [-0.4, -0.2) is 52.2 Å². The van der Waals surface area contributed by atoms with Gasteiger partial charge in [-0.15, -0.1) is 13.2 Å². The molecule has 1 amide bonds. The minimum Gasteiger partial charge on any atom is -0.488 e. The first-order valence-electron chi connectivity index (χ1n) is 10.7. The summed E-state index contributed by atoms with van der Waals surface area (Å²) in [5.74, 6) is 0.143. The lowest BCUT2D eigenvalue weighted by atomic mass is 9.44. The van der Waals surface area contributed by atoms with Gasteiger partial charge in [0.15, 0.2) is 17.6 Å². The van der Waals surface area contributed by atoms with Gasteiger partial charge in [0.25, 0.3) is 5.91 Å². The Morgan fingerprint density at radius 2 is 2.12 bits per heavy atom. The van der Waals surface area contributed by atoms with E-state index in [-0.39, 0.29) is 35.8 Å². The van der Waals surface area contributed by atoms with Gasteiger partial charge in [-0.2, -0.15) is 5.10 Å². The van der Waals surface area contributed by atoms with Crippen molar-refractivity contribution >= 4 is 23.3 Å². The van der Waals surface area contributed by atoms with Gasteiger partial charge in [0.05, 0.1) is 36.0 Å². The van der Waals surface area contributed by atoms with Crippen LogP contribution in [0.2, 0.25) is 5.02 Å². The Hall–Kier alpha value is -2.79. The fraction of sp³-hybridized carbons (Fsp3) is 0.500. The highest BCUT2D eigenvalue weighted by molar-refractivity contribution is 6.31. The molecule has 0 radical (unpaired) electrons. The van der Waals surface area contributed by atoms with Crippen LogP contribution in [-0.2, 0) is 15.1 Å². The first-order chi connectivity index (χ1) is 16.0. The second kappa shape index (κ2) is 7.88. The van der Waals surface area contributed by atoms with Crippen LogP contribution < -0.4 is 14.8 Å². The molecule has 3 aliphatic carbocycles. The van der Waals surface area contributed by atoms with Gasteiger partial charge in [0, 0.05) is 10.6 Å². The summed E-state index contributed by atoms with van der Waals surface area (Å²) in [6, 6.07) is 4.72. The molecule has 1 aromatic heterocycles. The van der Waals surface area contributed by atoms with Gasteiger partial charge in [-0.1, -0.05) is 11.6 Å². The summed E-state index contributed by atoms with van der Waals surface area (Å²) < 4.78 is 53.4. The molecule has 1 N–H and O–H groups in total. The number of alkyl halides is 3. The van der Waals surface area contributed by atoms with Gasteiger partial charge in [0.1, 0.15) is 12.4 Å². The number of ketones is 1.